The van der Waals surface area contributed by atoms with Gasteiger partial charge in [0, 0.05) is 37.6 Å². The molecule has 1 heterocycles. The largest absolute Gasteiger partial charge is 0.379 e. The number of hydrogen-bond donors (Lipinski definition) is 2. The highest BCUT2D eigenvalue weighted by Crippen LogP contribution is 2.07. The van der Waals surface area contributed by atoms with Gasteiger partial charge in [-0.25, -0.2) is 0 Å². The Labute approximate surface area is 128 Å². The molecule has 3 N–H and O–H groups in total. The molecular formula is C12H27Cl2N3O2. The normalized spacial score (nSPS) is 20.4. The van der Waals surface area contributed by atoms with Crippen LogP contribution in [0.1, 0.15) is 27.2 Å². The maximum atomic E-state index is 11.6. The lowest BCUT2D eigenvalue weighted by Crippen LogP contribution is -2.52. The highest BCUT2D eigenvalue weighted by Gasteiger charge is 2.23. The Bertz CT molecular complexity index is 249. The molecular weight excluding hydrogens is 289 g/mol. The zero-order valence-corrected chi connectivity index (χ0v) is 13.6. The first-order valence-corrected chi connectivity index (χ1v) is 6.37. The van der Waals surface area contributed by atoms with Crippen molar-refractivity contribution < 1.29 is 9.53 Å². The molecule has 0 spiro atoms. The number of carbonyl (C=O) groups excluding carboxylic acids is 1. The van der Waals surface area contributed by atoms with E-state index in [-0.39, 0.29) is 42.8 Å². The summed E-state index contributed by atoms with van der Waals surface area (Å²) in [6, 6.07) is 0.385. The van der Waals surface area contributed by atoms with Gasteiger partial charge in [0.25, 0.3) is 0 Å². The van der Waals surface area contributed by atoms with Crippen molar-refractivity contribution in [2.24, 2.45) is 5.73 Å². The number of nitrogens with two attached hydrogens (primary N) is 1. The van der Waals surface area contributed by atoms with Gasteiger partial charge in [0.2, 0.25) is 5.91 Å². The summed E-state index contributed by atoms with van der Waals surface area (Å²) < 4.78 is 5.32. The molecule has 0 saturated carbocycles. The highest BCUT2D eigenvalue weighted by molar-refractivity contribution is 5.85. The van der Waals surface area contributed by atoms with Crippen molar-refractivity contribution in [3.05, 3.63) is 0 Å². The van der Waals surface area contributed by atoms with Gasteiger partial charge in [-0.1, -0.05) is 0 Å². The number of halogens is 2. The molecule has 116 valence electrons. The van der Waals surface area contributed by atoms with Gasteiger partial charge >= 0.3 is 0 Å². The van der Waals surface area contributed by atoms with E-state index in [2.05, 4.69) is 17.1 Å². The molecule has 1 aliphatic heterocycles. The third-order valence-corrected chi connectivity index (χ3v) is 3.24. The maximum absolute atomic E-state index is 11.6. The number of nitrogens with zero attached hydrogens (tertiary/aromatic N) is 1. The van der Waals surface area contributed by atoms with Crippen LogP contribution in [0.5, 0.6) is 0 Å². The fourth-order valence-corrected chi connectivity index (χ4v) is 2.03. The fourth-order valence-electron chi connectivity index (χ4n) is 2.03. The summed E-state index contributed by atoms with van der Waals surface area (Å²) in [6.07, 6.45) is 0.389. The molecule has 1 aliphatic rings. The first kappa shape index (κ1) is 21.2. The molecule has 7 heteroatoms. The quantitative estimate of drug-likeness (QED) is 0.787. The summed E-state index contributed by atoms with van der Waals surface area (Å²) in [5.41, 5.74) is 5.60. The fraction of sp³-hybridized carbons (Fsp3) is 0.917. The SMILES string of the molecule is CC(N)CC(=O)NC(C)C(C)N1CCOCC1.Cl.Cl. The Hall–Kier alpha value is -0.0700. The van der Waals surface area contributed by atoms with Gasteiger partial charge in [-0.2, -0.15) is 0 Å². The second-order valence-corrected chi connectivity index (χ2v) is 4.93. The third kappa shape index (κ3) is 7.95. The minimum Gasteiger partial charge on any atom is -0.379 e. The Morgan fingerprint density at radius 1 is 1.26 bits per heavy atom. The minimum atomic E-state index is -0.0825. The molecule has 0 aromatic rings. The lowest BCUT2D eigenvalue weighted by molar-refractivity contribution is -0.122. The predicted molar refractivity (Wildman–Crippen MR) is 82.2 cm³/mol. The van der Waals surface area contributed by atoms with E-state index in [9.17, 15) is 4.79 Å². The molecule has 1 amide bonds. The number of amides is 1. The topological polar surface area (TPSA) is 67.6 Å². The van der Waals surface area contributed by atoms with Gasteiger partial charge in [0.05, 0.1) is 13.2 Å². The number of rotatable bonds is 5. The van der Waals surface area contributed by atoms with Crippen molar-refractivity contribution in [3.8, 4) is 0 Å². The summed E-state index contributed by atoms with van der Waals surface area (Å²) in [4.78, 5) is 14.0. The second kappa shape index (κ2) is 10.7. The van der Waals surface area contributed by atoms with Crippen LogP contribution < -0.4 is 11.1 Å². The Morgan fingerprint density at radius 3 is 2.26 bits per heavy atom. The smallest absolute Gasteiger partial charge is 0.221 e. The van der Waals surface area contributed by atoms with E-state index in [1.807, 2.05) is 13.8 Å². The van der Waals surface area contributed by atoms with Gasteiger partial charge < -0.3 is 15.8 Å². The molecule has 19 heavy (non-hydrogen) atoms. The van der Waals surface area contributed by atoms with Crippen molar-refractivity contribution in [1.29, 1.82) is 0 Å². The van der Waals surface area contributed by atoms with Crippen LogP contribution in [0.25, 0.3) is 0 Å². The maximum Gasteiger partial charge on any atom is 0.221 e. The molecule has 0 bridgehead atoms. The third-order valence-electron chi connectivity index (χ3n) is 3.24. The summed E-state index contributed by atoms with van der Waals surface area (Å²) in [5.74, 6) is 0.0348. The van der Waals surface area contributed by atoms with Crippen LogP contribution in [0.2, 0.25) is 0 Å². The molecule has 3 atom stereocenters. The summed E-state index contributed by atoms with van der Waals surface area (Å²) >= 11 is 0. The zero-order valence-electron chi connectivity index (χ0n) is 11.9. The van der Waals surface area contributed by atoms with Crippen molar-refractivity contribution in [2.75, 3.05) is 26.3 Å². The van der Waals surface area contributed by atoms with Crippen molar-refractivity contribution in [2.45, 2.75) is 45.3 Å². The van der Waals surface area contributed by atoms with Crippen molar-refractivity contribution >= 4 is 30.7 Å². The second-order valence-electron chi connectivity index (χ2n) is 4.93. The summed E-state index contributed by atoms with van der Waals surface area (Å²) in [5, 5.41) is 3.01. The van der Waals surface area contributed by atoms with Crippen molar-refractivity contribution in [3.63, 3.8) is 0 Å². The number of ether oxygens (including phenoxy) is 1. The van der Waals surface area contributed by atoms with Crippen LogP contribution in [0.3, 0.4) is 0 Å². The van der Waals surface area contributed by atoms with Gasteiger partial charge in [-0.3, -0.25) is 9.69 Å². The number of nitrogens with one attached hydrogen (secondary N) is 1. The highest BCUT2D eigenvalue weighted by atomic mass is 35.5. The van der Waals surface area contributed by atoms with Gasteiger partial charge in [0.15, 0.2) is 0 Å². The molecule has 1 saturated heterocycles. The van der Waals surface area contributed by atoms with Gasteiger partial charge in [-0.15, -0.1) is 24.8 Å². The lowest BCUT2D eigenvalue weighted by Gasteiger charge is -2.35. The van der Waals surface area contributed by atoms with Crippen LogP contribution >= 0.6 is 24.8 Å². The van der Waals surface area contributed by atoms with Gasteiger partial charge in [0.1, 0.15) is 0 Å². The zero-order chi connectivity index (χ0) is 12.8. The lowest BCUT2D eigenvalue weighted by atomic mass is 10.1. The molecule has 0 aromatic carbocycles. The summed E-state index contributed by atoms with van der Waals surface area (Å²) in [6.45, 7) is 9.47. The van der Waals surface area contributed by atoms with E-state index in [0.717, 1.165) is 26.3 Å². The van der Waals surface area contributed by atoms with E-state index in [1.54, 1.807) is 0 Å². The Kier molecular flexibility index (Phi) is 11.9. The Balaban J connectivity index is 0. The van der Waals surface area contributed by atoms with E-state index in [1.165, 1.54) is 0 Å². The molecule has 0 radical (unpaired) electrons. The average Bonchev–Trinajstić information content (AvgIpc) is 2.28. The first-order chi connectivity index (χ1) is 8.00. The number of carbonyl (C=O) groups is 1. The summed E-state index contributed by atoms with van der Waals surface area (Å²) in [7, 11) is 0. The monoisotopic (exact) mass is 315 g/mol. The van der Waals surface area contributed by atoms with Gasteiger partial charge in [-0.05, 0) is 20.8 Å². The minimum absolute atomic E-state index is 0. The van der Waals surface area contributed by atoms with Crippen LogP contribution in [0.15, 0.2) is 0 Å². The van der Waals surface area contributed by atoms with Crippen LogP contribution in [0, 0.1) is 0 Å². The van der Waals surface area contributed by atoms with E-state index < -0.39 is 0 Å². The van der Waals surface area contributed by atoms with Crippen LogP contribution in [-0.2, 0) is 9.53 Å². The van der Waals surface area contributed by atoms with Crippen molar-refractivity contribution in [1.82, 2.24) is 10.2 Å². The van der Waals surface area contributed by atoms with E-state index >= 15 is 0 Å². The molecule has 5 nitrogen and oxygen atoms in total. The molecule has 1 rings (SSSR count). The number of hydrogen-bond acceptors (Lipinski definition) is 4. The Morgan fingerprint density at radius 2 is 1.79 bits per heavy atom. The van der Waals surface area contributed by atoms with Crippen LogP contribution in [-0.4, -0.2) is 55.2 Å². The van der Waals surface area contributed by atoms with E-state index in [4.69, 9.17) is 10.5 Å². The predicted octanol–water partition coefficient (Wildman–Crippen LogP) is 0.793. The van der Waals surface area contributed by atoms with Crippen LogP contribution in [0.4, 0.5) is 0 Å². The standard InChI is InChI=1S/C12H25N3O2.2ClH/c1-9(13)8-12(16)14-10(2)11(3)15-4-6-17-7-5-15;;/h9-11H,4-8,13H2,1-3H3,(H,14,16);2*1H. The van der Waals surface area contributed by atoms with E-state index in [0.29, 0.717) is 12.5 Å². The molecule has 0 aliphatic carbocycles. The molecule has 3 unspecified atom stereocenters. The number of morpholine rings is 1. The molecule has 1 fully saturated rings. The first-order valence-electron chi connectivity index (χ1n) is 6.37. The molecule has 0 aromatic heterocycles. The average molecular weight is 316 g/mol.